The number of hydrogen-bond acceptors (Lipinski definition) is 2. The van der Waals surface area contributed by atoms with Gasteiger partial charge in [0.15, 0.2) is 0 Å². The lowest BCUT2D eigenvalue weighted by atomic mass is 9.89. The van der Waals surface area contributed by atoms with Gasteiger partial charge in [0, 0.05) is 12.2 Å². The molecule has 0 radical (unpaired) electrons. The van der Waals surface area contributed by atoms with Crippen molar-refractivity contribution in [1.82, 2.24) is 5.32 Å². The van der Waals surface area contributed by atoms with Gasteiger partial charge in [-0.2, -0.15) is 0 Å². The first kappa shape index (κ1) is 15.4. The zero-order valence-corrected chi connectivity index (χ0v) is 12.2. The number of hydrogen-bond donors (Lipinski definition) is 3. The Morgan fingerprint density at radius 1 is 1.10 bits per heavy atom. The van der Waals surface area contributed by atoms with Gasteiger partial charge in [-0.05, 0) is 36.5 Å². The van der Waals surface area contributed by atoms with E-state index in [2.05, 4.69) is 10.6 Å². The van der Waals surface area contributed by atoms with E-state index in [1.54, 1.807) is 24.3 Å². The Labute approximate surface area is 125 Å². The van der Waals surface area contributed by atoms with E-state index < -0.39 is 0 Å². The summed E-state index contributed by atoms with van der Waals surface area (Å²) >= 11 is 0. The number of amides is 3. The molecule has 1 aromatic carbocycles. The van der Waals surface area contributed by atoms with Crippen LogP contribution in [0.2, 0.25) is 0 Å². The molecule has 0 bridgehead atoms. The van der Waals surface area contributed by atoms with Crippen LogP contribution in [0.1, 0.15) is 37.7 Å². The Balaban J connectivity index is 1.75. The Morgan fingerprint density at radius 2 is 1.76 bits per heavy atom. The molecule has 0 aliphatic heterocycles. The summed E-state index contributed by atoms with van der Waals surface area (Å²) in [7, 11) is 0. The molecule has 0 saturated heterocycles. The topological polar surface area (TPSA) is 84.2 Å². The molecule has 0 spiro atoms. The number of nitrogens with one attached hydrogen (secondary N) is 2. The first-order chi connectivity index (χ1) is 10.1. The van der Waals surface area contributed by atoms with Crippen molar-refractivity contribution >= 4 is 17.6 Å². The summed E-state index contributed by atoms with van der Waals surface area (Å²) in [4.78, 5) is 22.6. The van der Waals surface area contributed by atoms with E-state index in [4.69, 9.17) is 5.73 Å². The van der Waals surface area contributed by atoms with Crippen molar-refractivity contribution in [1.29, 1.82) is 0 Å². The maximum absolute atomic E-state index is 11.8. The van der Waals surface area contributed by atoms with Gasteiger partial charge < -0.3 is 16.4 Å². The zero-order valence-electron chi connectivity index (χ0n) is 12.2. The predicted molar refractivity (Wildman–Crippen MR) is 82.9 cm³/mol. The van der Waals surface area contributed by atoms with Crippen molar-refractivity contribution in [3.05, 3.63) is 29.8 Å². The summed E-state index contributed by atoms with van der Waals surface area (Å²) < 4.78 is 0. The van der Waals surface area contributed by atoms with Crippen LogP contribution in [-0.4, -0.2) is 18.5 Å². The van der Waals surface area contributed by atoms with Gasteiger partial charge in [-0.1, -0.05) is 31.4 Å². The minimum Gasteiger partial charge on any atom is -0.369 e. The van der Waals surface area contributed by atoms with Gasteiger partial charge in [-0.3, -0.25) is 4.79 Å². The molecule has 4 N–H and O–H groups in total. The molecular weight excluding hydrogens is 266 g/mol. The van der Waals surface area contributed by atoms with E-state index in [0.717, 1.165) is 12.1 Å². The monoisotopic (exact) mass is 289 g/mol. The number of carbonyl (C=O) groups excluding carboxylic acids is 2. The third kappa shape index (κ3) is 5.45. The molecule has 2 rings (SSSR count). The van der Waals surface area contributed by atoms with Crippen molar-refractivity contribution in [2.75, 3.05) is 11.9 Å². The van der Waals surface area contributed by atoms with Crippen LogP contribution >= 0.6 is 0 Å². The first-order valence-electron chi connectivity index (χ1n) is 7.55. The van der Waals surface area contributed by atoms with Crippen molar-refractivity contribution < 1.29 is 9.59 Å². The summed E-state index contributed by atoms with van der Waals surface area (Å²) in [5.74, 6) is 0.253. The average molecular weight is 289 g/mol. The molecule has 1 fully saturated rings. The second-order valence-electron chi connectivity index (χ2n) is 5.68. The standard InChI is InChI=1S/C16H23N3O2/c17-15(20)10-12-6-8-14(9-7-12)19-16(21)18-11-13-4-2-1-3-5-13/h6-9,13H,1-5,10-11H2,(H2,17,20)(H2,18,19,21). The molecule has 1 saturated carbocycles. The van der Waals surface area contributed by atoms with Crippen molar-refractivity contribution in [2.45, 2.75) is 38.5 Å². The Kier molecular flexibility index (Phi) is 5.60. The van der Waals surface area contributed by atoms with Gasteiger partial charge in [-0.15, -0.1) is 0 Å². The number of primary amides is 1. The lowest BCUT2D eigenvalue weighted by Gasteiger charge is -2.21. The molecule has 0 aromatic heterocycles. The molecule has 0 heterocycles. The van der Waals surface area contributed by atoms with Gasteiger partial charge in [0.25, 0.3) is 0 Å². The van der Waals surface area contributed by atoms with Gasteiger partial charge in [-0.25, -0.2) is 4.79 Å². The summed E-state index contributed by atoms with van der Waals surface area (Å²) in [6.07, 6.45) is 6.50. The van der Waals surface area contributed by atoms with E-state index in [0.29, 0.717) is 11.6 Å². The SMILES string of the molecule is NC(=O)Cc1ccc(NC(=O)NCC2CCCCC2)cc1. The third-order valence-electron chi connectivity index (χ3n) is 3.87. The highest BCUT2D eigenvalue weighted by atomic mass is 16.2. The van der Waals surface area contributed by atoms with E-state index >= 15 is 0 Å². The Morgan fingerprint density at radius 3 is 2.38 bits per heavy atom. The van der Waals surface area contributed by atoms with Crippen LogP contribution in [0.4, 0.5) is 10.5 Å². The number of urea groups is 1. The Bertz CT molecular complexity index is 479. The summed E-state index contributed by atoms with van der Waals surface area (Å²) in [6.45, 7) is 0.742. The molecule has 3 amide bonds. The predicted octanol–water partition coefficient (Wildman–Crippen LogP) is 2.42. The number of benzene rings is 1. The van der Waals surface area contributed by atoms with Crippen LogP contribution in [-0.2, 0) is 11.2 Å². The van der Waals surface area contributed by atoms with E-state index in [9.17, 15) is 9.59 Å². The lowest BCUT2D eigenvalue weighted by Crippen LogP contribution is -2.33. The summed E-state index contributed by atoms with van der Waals surface area (Å²) in [6, 6.07) is 6.96. The van der Waals surface area contributed by atoms with Crippen molar-refractivity contribution in [3.63, 3.8) is 0 Å². The summed E-state index contributed by atoms with van der Waals surface area (Å²) in [5.41, 5.74) is 6.69. The molecule has 0 unspecified atom stereocenters. The minimum atomic E-state index is -0.360. The number of nitrogens with two attached hydrogens (primary N) is 1. The average Bonchev–Trinajstić information content (AvgIpc) is 2.48. The number of anilines is 1. The smallest absolute Gasteiger partial charge is 0.319 e. The quantitative estimate of drug-likeness (QED) is 0.777. The molecule has 21 heavy (non-hydrogen) atoms. The van der Waals surface area contributed by atoms with Gasteiger partial charge >= 0.3 is 6.03 Å². The second-order valence-corrected chi connectivity index (χ2v) is 5.68. The highest BCUT2D eigenvalue weighted by molar-refractivity contribution is 5.89. The van der Waals surface area contributed by atoms with Crippen LogP contribution in [0.3, 0.4) is 0 Å². The Hall–Kier alpha value is -2.04. The van der Waals surface area contributed by atoms with Crippen molar-refractivity contribution in [2.24, 2.45) is 11.7 Å². The largest absolute Gasteiger partial charge is 0.369 e. The molecular formula is C16H23N3O2. The minimum absolute atomic E-state index is 0.178. The molecule has 5 nitrogen and oxygen atoms in total. The van der Waals surface area contributed by atoms with E-state index in [1.807, 2.05) is 0 Å². The van der Waals surface area contributed by atoms with Crippen LogP contribution in [0.5, 0.6) is 0 Å². The van der Waals surface area contributed by atoms with Crippen LogP contribution in [0.25, 0.3) is 0 Å². The van der Waals surface area contributed by atoms with Crippen molar-refractivity contribution in [3.8, 4) is 0 Å². The van der Waals surface area contributed by atoms with Crippen LogP contribution in [0.15, 0.2) is 24.3 Å². The van der Waals surface area contributed by atoms with Crippen LogP contribution in [0, 0.1) is 5.92 Å². The van der Waals surface area contributed by atoms with Gasteiger partial charge in [0.2, 0.25) is 5.91 Å². The maximum Gasteiger partial charge on any atom is 0.319 e. The molecule has 1 aromatic rings. The molecule has 1 aliphatic rings. The summed E-state index contributed by atoms with van der Waals surface area (Å²) in [5, 5.41) is 5.72. The fraction of sp³-hybridized carbons (Fsp3) is 0.500. The van der Waals surface area contributed by atoms with Crippen LogP contribution < -0.4 is 16.4 Å². The lowest BCUT2D eigenvalue weighted by molar-refractivity contribution is -0.117. The molecule has 114 valence electrons. The van der Waals surface area contributed by atoms with Gasteiger partial charge in [0.05, 0.1) is 6.42 Å². The number of rotatable bonds is 5. The second kappa shape index (κ2) is 7.67. The van der Waals surface area contributed by atoms with Gasteiger partial charge in [0.1, 0.15) is 0 Å². The van der Waals surface area contributed by atoms with E-state index in [1.165, 1.54) is 32.1 Å². The number of carbonyl (C=O) groups is 2. The highest BCUT2D eigenvalue weighted by Gasteiger charge is 2.14. The molecule has 1 aliphatic carbocycles. The molecule has 5 heteroatoms. The fourth-order valence-electron chi connectivity index (χ4n) is 2.71. The zero-order chi connectivity index (χ0) is 15.1. The maximum atomic E-state index is 11.8. The van der Waals surface area contributed by atoms with E-state index in [-0.39, 0.29) is 18.4 Å². The molecule has 0 atom stereocenters. The first-order valence-corrected chi connectivity index (χ1v) is 7.55. The third-order valence-corrected chi connectivity index (χ3v) is 3.87. The normalized spacial score (nSPS) is 15.4. The highest BCUT2D eigenvalue weighted by Crippen LogP contribution is 2.22. The fourth-order valence-corrected chi connectivity index (χ4v) is 2.71.